The summed E-state index contributed by atoms with van der Waals surface area (Å²) in [6.45, 7) is 4.84. The second-order valence-electron chi connectivity index (χ2n) is 10.00. The fourth-order valence-electron chi connectivity index (χ4n) is 4.59. The van der Waals surface area contributed by atoms with E-state index in [0.29, 0.717) is 19.4 Å². The highest BCUT2D eigenvalue weighted by Gasteiger charge is 2.28. The van der Waals surface area contributed by atoms with E-state index in [2.05, 4.69) is 13.8 Å². The van der Waals surface area contributed by atoms with Crippen molar-refractivity contribution in [1.29, 1.82) is 0 Å². The largest absolute Gasteiger partial charge is 0.497 e. The maximum atomic E-state index is 11.8. The molecule has 0 fully saturated rings. The molecule has 2 N–H and O–H groups in total. The maximum absolute atomic E-state index is 11.8. The monoisotopic (exact) mass is 492 g/mol. The van der Waals surface area contributed by atoms with Gasteiger partial charge in [0, 0.05) is 6.42 Å². The number of hydrogen-bond acceptors (Lipinski definition) is 4. The number of aliphatic hydroxyl groups excluding tert-OH is 1. The molecule has 0 bridgehead atoms. The van der Waals surface area contributed by atoms with Crippen LogP contribution >= 0.6 is 0 Å². The lowest BCUT2D eigenvalue weighted by Gasteiger charge is -2.25. The number of methoxy groups -OCH3 is 1. The standard InChI is InChI=1S/C30H52O5/c1-4-6-8-10-11-12-13-14-15-17-27(35-24-25-19-21-26(34-3)22-20-25)23-29(31)28(30(32)33)18-16-9-7-5-2/h19-22,27-29,31H,4-18,23-24H2,1-3H3,(H,32,33). The average molecular weight is 493 g/mol. The lowest BCUT2D eigenvalue weighted by atomic mass is 9.90. The van der Waals surface area contributed by atoms with E-state index in [-0.39, 0.29) is 6.10 Å². The van der Waals surface area contributed by atoms with Gasteiger partial charge in [-0.05, 0) is 30.5 Å². The first-order chi connectivity index (χ1) is 17.0. The molecular weight excluding hydrogens is 440 g/mol. The zero-order chi connectivity index (χ0) is 25.7. The van der Waals surface area contributed by atoms with Crippen LogP contribution in [-0.4, -0.2) is 35.5 Å². The summed E-state index contributed by atoms with van der Waals surface area (Å²) in [6, 6.07) is 7.80. The van der Waals surface area contributed by atoms with Crippen LogP contribution in [0.1, 0.15) is 122 Å². The van der Waals surface area contributed by atoms with Gasteiger partial charge in [-0.2, -0.15) is 0 Å². The number of rotatable bonds is 23. The van der Waals surface area contributed by atoms with Gasteiger partial charge in [0.1, 0.15) is 5.75 Å². The maximum Gasteiger partial charge on any atom is 0.309 e. The quantitative estimate of drug-likeness (QED) is 0.152. The van der Waals surface area contributed by atoms with Gasteiger partial charge in [-0.3, -0.25) is 4.79 Å². The van der Waals surface area contributed by atoms with E-state index in [0.717, 1.165) is 56.3 Å². The summed E-state index contributed by atoms with van der Waals surface area (Å²) in [5.41, 5.74) is 1.05. The van der Waals surface area contributed by atoms with E-state index in [1.807, 2.05) is 24.3 Å². The Morgan fingerprint density at radius 2 is 1.31 bits per heavy atom. The molecule has 0 amide bonds. The molecule has 0 saturated carbocycles. The summed E-state index contributed by atoms with van der Waals surface area (Å²) in [5, 5.41) is 20.5. The van der Waals surface area contributed by atoms with E-state index in [1.54, 1.807) is 7.11 Å². The molecule has 1 aromatic carbocycles. The van der Waals surface area contributed by atoms with Gasteiger partial charge in [-0.25, -0.2) is 0 Å². The number of aliphatic carboxylic acids is 1. The van der Waals surface area contributed by atoms with Crippen LogP contribution in [0.25, 0.3) is 0 Å². The van der Waals surface area contributed by atoms with Gasteiger partial charge in [0.2, 0.25) is 0 Å². The SMILES string of the molecule is CCCCCCCCCCCC(CC(O)C(CCCCCC)C(=O)O)OCc1ccc(OC)cc1. The molecule has 5 heteroatoms. The fourth-order valence-corrected chi connectivity index (χ4v) is 4.59. The van der Waals surface area contributed by atoms with Crippen LogP contribution in [-0.2, 0) is 16.1 Å². The number of benzene rings is 1. The Balaban J connectivity index is 2.57. The first-order valence-corrected chi connectivity index (χ1v) is 14.2. The molecule has 0 aliphatic heterocycles. The molecule has 0 spiro atoms. The van der Waals surface area contributed by atoms with Crippen molar-refractivity contribution < 1.29 is 24.5 Å². The normalized spacial score (nSPS) is 13.9. The van der Waals surface area contributed by atoms with E-state index >= 15 is 0 Å². The highest BCUT2D eigenvalue weighted by atomic mass is 16.5. The zero-order valence-corrected chi connectivity index (χ0v) is 22.7. The Labute approximate surface area is 214 Å². The van der Waals surface area contributed by atoms with Crippen molar-refractivity contribution >= 4 is 5.97 Å². The second-order valence-corrected chi connectivity index (χ2v) is 10.00. The summed E-state index contributed by atoms with van der Waals surface area (Å²) in [5.74, 6) is -0.809. The molecule has 0 aliphatic carbocycles. The molecule has 0 aliphatic rings. The van der Waals surface area contributed by atoms with Crippen LogP contribution < -0.4 is 4.74 Å². The molecule has 5 nitrogen and oxygen atoms in total. The number of carbonyl (C=O) groups is 1. The van der Waals surface area contributed by atoms with Crippen LogP contribution in [0, 0.1) is 5.92 Å². The first-order valence-electron chi connectivity index (χ1n) is 14.2. The number of unbranched alkanes of at least 4 members (excludes halogenated alkanes) is 11. The first kappa shape index (κ1) is 31.4. The van der Waals surface area contributed by atoms with E-state index in [9.17, 15) is 15.0 Å². The van der Waals surface area contributed by atoms with Gasteiger partial charge >= 0.3 is 5.97 Å². The van der Waals surface area contributed by atoms with Crippen LogP contribution in [0.5, 0.6) is 5.75 Å². The molecule has 0 radical (unpaired) electrons. The fraction of sp³-hybridized carbons (Fsp3) is 0.767. The van der Waals surface area contributed by atoms with Gasteiger partial charge in [0.25, 0.3) is 0 Å². The molecule has 3 atom stereocenters. The number of aliphatic hydroxyl groups is 1. The molecular formula is C30H52O5. The van der Waals surface area contributed by atoms with Gasteiger partial charge in [-0.15, -0.1) is 0 Å². The van der Waals surface area contributed by atoms with Gasteiger partial charge in [0.05, 0.1) is 31.8 Å². The number of carboxylic acid groups (broad SMARTS) is 1. The van der Waals surface area contributed by atoms with Crippen LogP contribution in [0.4, 0.5) is 0 Å². The highest BCUT2D eigenvalue weighted by Crippen LogP contribution is 2.23. The van der Waals surface area contributed by atoms with Crippen LogP contribution in [0.3, 0.4) is 0 Å². The molecule has 202 valence electrons. The van der Waals surface area contributed by atoms with Gasteiger partial charge in [0.15, 0.2) is 0 Å². The van der Waals surface area contributed by atoms with Gasteiger partial charge in [-0.1, -0.05) is 109 Å². The third-order valence-electron chi connectivity index (χ3n) is 6.93. The minimum Gasteiger partial charge on any atom is -0.497 e. The Morgan fingerprint density at radius 3 is 1.86 bits per heavy atom. The number of ether oxygens (including phenoxy) is 2. The third kappa shape index (κ3) is 15.2. The van der Waals surface area contributed by atoms with Gasteiger partial charge < -0.3 is 19.7 Å². The molecule has 1 rings (SSSR count). The smallest absolute Gasteiger partial charge is 0.309 e. The second kappa shape index (κ2) is 20.6. The Morgan fingerprint density at radius 1 is 0.800 bits per heavy atom. The average Bonchev–Trinajstić information content (AvgIpc) is 2.86. The van der Waals surface area contributed by atoms with Crippen LogP contribution in [0.2, 0.25) is 0 Å². The summed E-state index contributed by atoms with van der Waals surface area (Å²) in [4.78, 5) is 11.8. The summed E-state index contributed by atoms with van der Waals surface area (Å²) >= 11 is 0. The predicted molar refractivity (Wildman–Crippen MR) is 144 cm³/mol. The summed E-state index contributed by atoms with van der Waals surface area (Å²) < 4.78 is 11.5. The number of hydrogen-bond donors (Lipinski definition) is 2. The van der Waals surface area contributed by atoms with E-state index in [4.69, 9.17) is 9.47 Å². The van der Waals surface area contributed by atoms with Crippen molar-refractivity contribution in [2.45, 2.75) is 135 Å². The molecule has 0 aromatic heterocycles. The van der Waals surface area contributed by atoms with Crippen molar-refractivity contribution in [3.05, 3.63) is 29.8 Å². The molecule has 3 unspecified atom stereocenters. The summed E-state index contributed by atoms with van der Waals surface area (Å²) in [7, 11) is 1.65. The minimum absolute atomic E-state index is 0.144. The van der Waals surface area contributed by atoms with Crippen molar-refractivity contribution in [3.8, 4) is 5.75 Å². The van der Waals surface area contributed by atoms with E-state index < -0.39 is 18.0 Å². The topological polar surface area (TPSA) is 76.0 Å². The van der Waals surface area contributed by atoms with Crippen molar-refractivity contribution in [3.63, 3.8) is 0 Å². The molecule has 35 heavy (non-hydrogen) atoms. The lowest BCUT2D eigenvalue weighted by Crippen LogP contribution is -2.32. The van der Waals surface area contributed by atoms with Crippen molar-refractivity contribution in [2.75, 3.05) is 7.11 Å². The predicted octanol–water partition coefficient (Wildman–Crippen LogP) is 7.92. The Bertz CT molecular complexity index is 630. The van der Waals surface area contributed by atoms with Crippen LogP contribution in [0.15, 0.2) is 24.3 Å². The molecule has 0 heterocycles. The van der Waals surface area contributed by atoms with Crippen molar-refractivity contribution in [1.82, 2.24) is 0 Å². The Hall–Kier alpha value is -1.59. The third-order valence-corrected chi connectivity index (χ3v) is 6.93. The molecule has 0 saturated heterocycles. The Kier molecular flexibility index (Phi) is 18.5. The molecule has 1 aromatic rings. The highest BCUT2D eigenvalue weighted by molar-refractivity contribution is 5.70. The zero-order valence-electron chi connectivity index (χ0n) is 22.7. The number of carboxylic acids is 1. The minimum atomic E-state index is -0.897. The lowest BCUT2D eigenvalue weighted by molar-refractivity contribution is -0.147. The van der Waals surface area contributed by atoms with Crippen molar-refractivity contribution in [2.24, 2.45) is 5.92 Å². The summed E-state index contributed by atoms with van der Waals surface area (Å²) in [6.07, 6.45) is 16.1. The van der Waals surface area contributed by atoms with E-state index in [1.165, 1.54) is 44.9 Å².